The second-order valence-corrected chi connectivity index (χ2v) is 8.30. The van der Waals surface area contributed by atoms with Gasteiger partial charge in [0.2, 0.25) is 0 Å². The Labute approximate surface area is 184 Å². The lowest BCUT2D eigenvalue weighted by molar-refractivity contribution is 1.48. The van der Waals surface area contributed by atoms with Crippen LogP contribution in [0.15, 0.2) is 93.8 Å². The second kappa shape index (κ2) is 8.30. The van der Waals surface area contributed by atoms with E-state index in [0.29, 0.717) is 17.5 Å². The predicted octanol–water partition coefficient (Wildman–Crippen LogP) is 5.90. The van der Waals surface area contributed by atoms with Crippen molar-refractivity contribution in [1.82, 2.24) is 0 Å². The van der Waals surface area contributed by atoms with Gasteiger partial charge in [-0.25, -0.2) is 15.0 Å². The first-order valence-electron chi connectivity index (χ1n) is 8.27. The molecule has 0 saturated carbocycles. The molecule has 0 fully saturated rings. The minimum atomic E-state index is 0.577. The van der Waals surface area contributed by atoms with Crippen LogP contribution in [0, 0.1) is 7.14 Å². The summed E-state index contributed by atoms with van der Waals surface area (Å²) in [5.74, 6) is 1.88. The number of hydrogen-bond acceptors (Lipinski definition) is 3. The zero-order valence-corrected chi connectivity index (χ0v) is 18.4. The summed E-state index contributed by atoms with van der Waals surface area (Å²) in [5.41, 5.74) is 2.77. The maximum absolute atomic E-state index is 4.70. The highest BCUT2D eigenvalue weighted by Crippen LogP contribution is 2.19. The fourth-order valence-electron chi connectivity index (χ4n) is 2.52. The fourth-order valence-corrected chi connectivity index (χ4v) is 3.24. The van der Waals surface area contributed by atoms with Crippen LogP contribution in [0.1, 0.15) is 5.56 Å². The quantitative estimate of drug-likeness (QED) is 0.389. The topological polar surface area (TPSA) is 49.1 Å². The van der Waals surface area contributed by atoms with Gasteiger partial charge in [-0.2, -0.15) is 0 Å². The minimum absolute atomic E-state index is 0.577. The van der Waals surface area contributed by atoms with Crippen LogP contribution < -0.4 is 5.32 Å². The van der Waals surface area contributed by atoms with Gasteiger partial charge in [0.15, 0.2) is 17.5 Å². The molecule has 27 heavy (non-hydrogen) atoms. The number of anilines is 1. The van der Waals surface area contributed by atoms with Crippen LogP contribution in [0.2, 0.25) is 0 Å². The van der Waals surface area contributed by atoms with Gasteiger partial charge in [-0.05, 0) is 93.7 Å². The molecule has 0 unspecified atom stereocenters. The molecule has 0 atom stereocenters. The lowest BCUT2D eigenvalue weighted by Gasteiger charge is -2.06. The Morgan fingerprint density at radius 1 is 0.704 bits per heavy atom. The van der Waals surface area contributed by atoms with Gasteiger partial charge in [0.25, 0.3) is 0 Å². The maximum Gasteiger partial charge on any atom is 0.198 e. The number of aliphatic imine (C=N–C) groups is 3. The Bertz CT molecular complexity index is 1040. The summed E-state index contributed by atoms with van der Waals surface area (Å²) in [6, 6.07) is 26.1. The molecule has 1 aliphatic heterocycles. The van der Waals surface area contributed by atoms with E-state index < -0.39 is 0 Å². The van der Waals surface area contributed by atoms with Crippen molar-refractivity contribution in [3.63, 3.8) is 0 Å². The zero-order valence-electron chi connectivity index (χ0n) is 14.1. The molecule has 4 rings (SSSR count). The average Bonchev–Trinajstić information content (AvgIpc) is 3.08. The van der Waals surface area contributed by atoms with Crippen LogP contribution in [-0.4, -0.2) is 17.5 Å². The molecule has 0 aromatic heterocycles. The smallest absolute Gasteiger partial charge is 0.198 e. The normalized spacial score (nSPS) is 14.8. The van der Waals surface area contributed by atoms with Crippen LogP contribution in [0.25, 0.3) is 0 Å². The first-order chi connectivity index (χ1) is 13.2. The van der Waals surface area contributed by atoms with Crippen LogP contribution in [0.4, 0.5) is 11.4 Å². The van der Waals surface area contributed by atoms with Crippen molar-refractivity contribution in [2.45, 2.75) is 0 Å². The van der Waals surface area contributed by atoms with Crippen LogP contribution >= 0.6 is 45.2 Å². The maximum atomic E-state index is 4.70. The van der Waals surface area contributed by atoms with Crippen LogP contribution in [0.5, 0.6) is 0 Å². The Morgan fingerprint density at radius 2 is 1.33 bits per heavy atom. The van der Waals surface area contributed by atoms with Crippen molar-refractivity contribution in [2.24, 2.45) is 15.0 Å². The number of nitrogens with one attached hydrogen (secondary N) is 1. The highest BCUT2D eigenvalue weighted by atomic mass is 127. The number of amidine groups is 3. The molecule has 4 nitrogen and oxygen atoms in total. The SMILES string of the molecule is Ic1ccc(N=C2N=C(c3ccccc3)N=C2Nc2ccc(I)cc2)cc1. The van der Waals surface area contributed by atoms with Crippen molar-refractivity contribution in [2.75, 3.05) is 5.32 Å². The average molecular weight is 576 g/mol. The Morgan fingerprint density at radius 3 is 2.00 bits per heavy atom. The van der Waals surface area contributed by atoms with E-state index >= 15 is 0 Å². The predicted molar refractivity (Wildman–Crippen MR) is 129 cm³/mol. The molecule has 1 heterocycles. The molecule has 0 amide bonds. The first kappa shape index (κ1) is 18.3. The van der Waals surface area contributed by atoms with E-state index in [9.17, 15) is 0 Å². The number of hydrogen-bond donors (Lipinski definition) is 1. The molecule has 1 aliphatic rings. The van der Waals surface area contributed by atoms with Gasteiger partial charge in [0.1, 0.15) is 0 Å². The number of benzene rings is 3. The summed E-state index contributed by atoms with van der Waals surface area (Å²) in [6.07, 6.45) is 0. The number of halogens is 2. The summed E-state index contributed by atoms with van der Waals surface area (Å²) in [5, 5.41) is 3.35. The Balaban J connectivity index is 1.70. The van der Waals surface area contributed by atoms with E-state index in [-0.39, 0.29) is 0 Å². The standard InChI is InChI=1S/C21H14I2N4/c22-15-6-10-17(11-7-15)24-20-21(25-18-12-8-16(23)9-13-18)27-19(26-20)14-4-2-1-3-5-14/h1-13H,(H,24,25,26,27). The molecule has 3 aromatic carbocycles. The molecule has 0 saturated heterocycles. The van der Waals surface area contributed by atoms with Crippen molar-refractivity contribution in [3.8, 4) is 0 Å². The molecule has 3 aromatic rings. The van der Waals surface area contributed by atoms with Crippen LogP contribution in [-0.2, 0) is 0 Å². The summed E-state index contributed by atoms with van der Waals surface area (Å²) in [7, 11) is 0. The molecule has 0 aliphatic carbocycles. The molecule has 0 bridgehead atoms. The van der Waals surface area contributed by atoms with Gasteiger partial charge in [0.05, 0.1) is 5.69 Å². The second-order valence-electron chi connectivity index (χ2n) is 5.81. The summed E-state index contributed by atoms with van der Waals surface area (Å²) in [4.78, 5) is 14.1. The molecular weight excluding hydrogens is 562 g/mol. The number of rotatable bonds is 3. The first-order valence-corrected chi connectivity index (χ1v) is 10.4. The van der Waals surface area contributed by atoms with Crippen molar-refractivity contribution in [3.05, 3.63) is 91.6 Å². The molecule has 6 heteroatoms. The number of nitrogens with zero attached hydrogens (tertiary/aromatic N) is 3. The fraction of sp³-hybridized carbons (Fsp3) is 0. The minimum Gasteiger partial charge on any atom is -0.337 e. The largest absolute Gasteiger partial charge is 0.337 e. The van der Waals surface area contributed by atoms with E-state index in [0.717, 1.165) is 16.9 Å². The highest BCUT2D eigenvalue weighted by Gasteiger charge is 2.19. The van der Waals surface area contributed by atoms with Gasteiger partial charge in [-0.1, -0.05) is 30.3 Å². The Kier molecular flexibility index (Phi) is 5.63. The molecule has 132 valence electrons. The van der Waals surface area contributed by atoms with Crippen molar-refractivity contribution < 1.29 is 0 Å². The molecule has 1 N–H and O–H groups in total. The third kappa shape index (κ3) is 4.62. The van der Waals surface area contributed by atoms with Crippen LogP contribution in [0.3, 0.4) is 0 Å². The van der Waals surface area contributed by atoms with Gasteiger partial charge >= 0.3 is 0 Å². The summed E-state index contributed by atoms with van der Waals surface area (Å²) in [6.45, 7) is 0. The lowest BCUT2D eigenvalue weighted by Crippen LogP contribution is -2.18. The molecule has 0 spiro atoms. The summed E-state index contributed by atoms with van der Waals surface area (Å²) >= 11 is 4.57. The van der Waals surface area contributed by atoms with Gasteiger partial charge < -0.3 is 5.32 Å². The Hall–Kier alpha value is -2.07. The highest BCUT2D eigenvalue weighted by molar-refractivity contribution is 14.1. The van der Waals surface area contributed by atoms with E-state index in [1.807, 2.05) is 78.9 Å². The third-order valence-electron chi connectivity index (χ3n) is 3.84. The van der Waals surface area contributed by atoms with Gasteiger partial charge in [-0.3, -0.25) is 0 Å². The van der Waals surface area contributed by atoms with E-state index in [4.69, 9.17) is 9.98 Å². The third-order valence-corrected chi connectivity index (χ3v) is 5.28. The molecular formula is C21H14I2N4. The van der Waals surface area contributed by atoms with E-state index in [2.05, 4.69) is 55.5 Å². The van der Waals surface area contributed by atoms with Crippen molar-refractivity contribution >= 4 is 74.1 Å². The monoisotopic (exact) mass is 576 g/mol. The summed E-state index contributed by atoms with van der Waals surface area (Å²) < 4.78 is 2.35. The van der Waals surface area contributed by atoms with Crippen molar-refractivity contribution in [1.29, 1.82) is 0 Å². The van der Waals surface area contributed by atoms with Gasteiger partial charge in [-0.15, -0.1) is 0 Å². The van der Waals surface area contributed by atoms with E-state index in [1.165, 1.54) is 7.14 Å². The molecule has 0 radical (unpaired) electrons. The van der Waals surface area contributed by atoms with E-state index in [1.54, 1.807) is 0 Å². The lowest BCUT2D eigenvalue weighted by atomic mass is 10.2. The van der Waals surface area contributed by atoms with Gasteiger partial charge in [0, 0.05) is 18.4 Å². The zero-order chi connectivity index (χ0) is 18.6.